The van der Waals surface area contributed by atoms with Crippen molar-refractivity contribution in [3.8, 4) is 11.5 Å². The van der Waals surface area contributed by atoms with Crippen molar-refractivity contribution < 1.29 is 23.6 Å². The van der Waals surface area contributed by atoms with E-state index in [0.717, 1.165) is 36.9 Å². The van der Waals surface area contributed by atoms with Gasteiger partial charge in [0.2, 0.25) is 0 Å². The molecule has 0 aliphatic rings. The molecular weight excluding hydrogens is 544 g/mol. The van der Waals surface area contributed by atoms with Crippen LogP contribution in [0.2, 0.25) is 0 Å². The molecule has 0 saturated heterocycles. The van der Waals surface area contributed by atoms with Crippen molar-refractivity contribution >= 4 is 57.1 Å². The summed E-state index contributed by atoms with van der Waals surface area (Å²) in [6.07, 6.45) is 0. The Morgan fingerprint density at radius 2 is 1.41 bits per heavy atom. The molecule has 4 rings (SSSR count). The summed E-state index contributed by atoms with van der Waals surface area (Å²) in [5, 5.41) is 4.43. The van der Waals surface area contributed by atoms with Crippen LogP contribution in [0.1, 0.15) is 5.56 Å². The van der Waals surface area contributed by atoms with E-state index in [1.807, 2.05) is 48.5 Å². The minimum Gasteiger partial charge on any atom is -0.466 e. The van der Waals surface area contributed by atoms with E-state index in [9.17, 15) is 0 Å². The molecule has 4 aromatic carbocycles. The first-order chi connectivity index (χ1) is 16.6. The maximum absolute atomic E-state index is 5.65. The van der Waals surface area contributed by atoms with Gasteiger partial charge in [-0.15, -0.1) is 0 Å². The van der Waals surface area contributed by atoms with Gasteiger partial charge in [0.15, 0.2) is 6.79 Å². The van der Waals surface area contributed by atoms with Gasteiger partial charge in [-0.25, -0.2) is 0 Å². The largest absolute Gasteiger partial charge is 0.466 e. The zero-order valence-corrected chi connectivity index (χ0v) is 21.9. The summed E-state index contributed by atoms with van der Waals surface area (Å²) in [6.45, 7) is 2.58. The summed E-state index contributed by atoms with van der Waals surface area (Å²) in [4.78, 5) is 4.18. The summed E-state index contributed by atoms with van der Waals surface area (Å²) >= 11 is 2.31. The van der Waals surface area contributed by atoms with Gasteiger partial charge in [-0.05, 0) is 40.5 Å². The van der Waals surface area contributed by atoms with Gasteiger partial charge in [0.1, 0.15) is 5.75 Å². The number of rotatable bonds is 8. The van der Waals surface area contributed by atoms with Gasteiger partial charge in [-0.2, -0.15) is 0 Å². The number of halogens is 1. The molecule has 4 aromatic rings. The van der Waals surface area contributed by atoms with Crippen molar-refractivity contribution in [3.05, 3.63) is 75.9 Å². The first kappa shape index (κ1) is 25.9. The number of hydrogen-bond acceptors (Lipinski definition) is 6. The van der Waals surface area contributed by atoms with Crippen LogP contribution in [0.3, 0.4) is 0 Å². The van der Waals surface area contributed by atoms with E-state index in [-0.39, 0.29) is 13.6 Å². The maximum atomic E-state index is 5.65. The molecule has 0 saturated carbocycles. The fourth-order valence-corrected chi connectivity index (χ4v) is 3.97. The Hall–Kier alpha value is -2.69. The Labute approximate surface area is 214 Å². The van der Waals surface area contributed by atoms with E-state index >= 15 is 0 Å². The molecule has 0 bridgehead atoms. The average Bonchev–Trinajstić information content (AvgIpc) is 2.86. The van der Waals surface area contributed by atoms with E-state index in [1.165, 1.54) is 18.2 Å². The molecule has 0 heterocycles. The van der Waals surface area contributed by atoms with E-state index in [2.05, 4.69) is 52.6 Å². The van der Waals surface area contributed by atoms with Crippen LogP contribution in [0.4, 0.5) is 5.69 Å². The van der Waals surface area contributed by atoms with Crippen LogP contribution >= 0.6 is 22.6 Å². The van der Waals surface area contributed by atoms with Gasteiger partial charge in [0.25, 0.3) is 0 Å². The monoisotopic (exact) mass is 571 g/mol. The Morgan fingerprint density at radius 3 is 2.09 bits per heavy atom. The molecule has 0 amide bonds. The Bertz CT molecular complexity index is 1260. The van der Waals surface area contributed by atoms with Crippen molar-refractivity contribution in [2.24, 2.45) is 4.90 Å². The van der Waals surface area contributed by atoms with Crippen molar-refractivity contribution in [1.82, 2.24) is 0 Å². The normalized spacial score (nSPS) is 10.6. The van der Waals surface area contributed by atoms with Gasteiger partial charge < -0.3 is 9.47 Å². The summed E-state index contributed by atoms with van der Waals surface area (Å²) in [7, 11) is 6.18. The summed E-state index contributed by atoms with van der Waals surface area (Å²) in [5.74, 6) is 1.66. The SMILES string of the molecule is COB=Nc1cc(OCOC)c2ccccc2c1.COCOc1c(I)c(C)cc2ccccc12. The van der Waals surface area contributed by atoms with Crippen LogP contribution in [-0.4, -0.2) is 42.2 Å². The van der Waals surface area contributed by atoms with Gasteiger partial charge in [-0.3, -0.25) is 0 Å². The number of methoxy groups -OCH3 is 2. The molecule has 0 aromatic heterocycles. The predicted octanol–water partition coefficient (Wildman–Crippen LogP) is 6.64. The molecule has 0 spiro atoms. The second-order valence-electron chi connectivity index (χ2n) is 7.29. The van der Waals surface area contributed by atoms with Crippen LogP contribution in [0.15, 0.2) is 71.6 Å². The van der Waals surface area contributed by atoms with Crippen LogP contribution in [-0.2, 0) is 14.1 Å². The van der Waals surface area contributed by atoms with Gasteiger partial charge in [0, 0.05) is 12.5 Å². The quantitative estimate of drug-likeness (QED) is 0.135. The van der Waals surface area contributed by atoms with Crippen LogP contribution in [0.5, 0.6) is 11.5 Å². The summed E-state index contributed by atoms with van der Waals surface area (Å²) < 4.78 is 27.1. The van der Waals surface area contributed by atoms with E-state index < -0.39 is 0 Å². The van der Waals surface area contributed by atoms with Gasteiger partial charge >= 0.3 is 106 Å². The first-order valence-corrected chi connectivity index (χ1v) is 11.7. The fourth-order valence-electron chi connectivity index (χ4n) is 3.37. The first-order valence-electron chi connectivity index (χ1n) is 10.6. The molecule has 176 valence electrons. The maximum Gasteiger partial charge on any atom is 0.188 e. The smallest absolute Gasteiger partial charge is 0.188 e. The van der Waals surface area contributed by atoms with Crippen molar-refractivity contribution in [2.45, 2.75) is 6.92 Å². The van der Waals surface area contributed by atoms with E-state index in [1.54, 1.807) is 21.3 Å². The molecule has 34 heavy (non-hydrogen) atoms. The third-order valence-corrected chi connectivity index (χ3v) is 6.23. The molecule has 0 radical (unpaired) electrons. The molecule has 0 aliphatic heterocycles. The Balaban J connectivity index is 0.000000192. The summed E-state index contributed by atoms with van der Waals surface area (Å²) in [6, 6.07) is 22.2. The van der Waals surface area contributed by atoms with Crippen molar-refractivity contribution in [3.63, 3.8) is 0 Å². The zero-order valence-electron chi connectivity index (χ0n) is 19.7. The average molecular weight is 571 g/mol. The van der Waals surface area contributed by atoms with Crippen LogP contribution in [0.25, 0.3) is 21.5 Å². The summed E-state index contributed by atoms with van der Waals surface area (Å²) in [5.41, 5.74) is 2.01. The number of hydrogen-bond donors (Lipinski definition) is 0. The molecule has 0 fully saturated rings. The molecule has 6 nitrogen and oxygen atoms in total. The molecule has 0 atom stereocenters. The van der Waals surface area contributed by atoms with E-state index in [4.69, 9.17) is 23.6 Å². The predicted molar refractivity (Wildman–Crippen MR) is 145 cm³/mol. The number of fused-ring (bicyclic) bond motifs is 2. The molecule has 0 N–H and O–H groups in total. The van der Waals surface area contributed by atoms with Crippen molar-refractivity contribution in [1.29, 1.82) is 0 Å². The van der Waals surface area contributed by atoms with Crippen LogP contribution < -0.4 is 9.47 Å². The third kappa shape index (κ3) is 6.68. The minimum absolute atomic E-state index is 0.210. The molecule has 0 aliphatic carbocycles. The Morgan fingerprint density at radius 1 is 0.794 bits per heavy atom. The molecule has 0 unspecified atom stereocenters. The number of benzene rings is 4. The Kier molecular flexibility index (Phi) is 10.1. The minimum atomic E-state index is 0.210. The number of nitrogens with zero attached hydrogens (tertiary/aromatic N) is 1. The van der Waals surface area contributed by atoms with Gasteiger partial charge in [0.05, 0.1) is 3.57 Å². The molecular formula is C26H27BINO5. The standard InChI is InChI=1S/C13H14BNO3.C13H13IO2/c1-16-9-18-13-8-11(15-14-17-2)7-10-5-3-4-6-12(10)13;1-9-7-10-5-3-4-6-11(10)13(12(9)14)16-8-15-2/h3-8H,9H2,1-2H3;3-7H,8H2,1-2H3. The second kappa shape index (κ2) is 13.3. The number of aryl methyl sites for hydroxylation is 1. The topological polar surface area (TPSA) is 58.5 Å². The van der Waals surface area contributed by atoms with E-state index in [0.29, 0.717) is 0 Å². The third-order valence-electron chi connectivity index (χ3n) is 4.89. The van der Waals surface area contributed by atoms with Crippen LogP contribution in [0, 0.1) is 10.5 Å². The molecule has 8 heteroatoms. The fraction of sp³-hybridized carbons (Fsp3) is 0.231. The number of ether oxygens (including phenoxy) is 4. The van der Waals surface area contributed by atoms with Gasteiger partial charge in [-0.1, -0.05) is 30.3 Å². The second-order valence-corrected chi connectivity index (χ2v) is 8.37. The van der Waals surface area contributed by atoms with Crippen molar-refractivity contribution in [2.75, 3.05) is 34.9 Å². The zero-order chi connectivity index (χ0) is 24.3.